The summed E-state index contributed by atoms with van der Waals surface area (Å²) in [5, 5.41) is 4.28. The van der Waals surface area contributed by atoms with Crippen molar-refractivity contribution in [3.63, 3.8) is 0 Å². The van der Waals surface area contributed by atoms with E-state index in [-0.39, 0.29) is 11.8 Å². The molecule has 0 aromatic heterocycles. The topological polar surface area (TPSA) is 62.2 Å². The molecule has 1 fully saturated rings. The van der Waals surface area contributed by atoms with E-state index < -0.39 is 5.60 Å². The summed E-state index contributed by atoms with van der Waals surface area (Å²) < 4.78 is 0. The zero-order valence-corrected chi connectivity index (χ0v) is 22.2. The van der Waals surface area contributed by atoms with Gasteiger partial charge in [0, 0.05) is 44.2 Å². The van der Waals surface area contributed by atoms with Gasteiger partial charge in [-0.25, -0.2) is 0 Å². The number of nitrogens with zero attached hydrogens (tertiary/aromatic N) is 3. The minimum atomic E-state index is -1.07. The second-order valence-corrected chi connectivity index (χ2v) is 10.7. The Kier molecular flexibility index (Phi) is 7.59. The quantitative estimate of drug-likeness (QED) is 0.433. The third-order valence-electron chi connectivity index (χ3n) is 7.64. The molecule has 2 heterocycles. The summed E-state index contributed by atoms with van der Waals surface area (Å²) in [5.41, 5.74) is 3.50. The van der Waals surface area contributed by atoms with Crippen molar-refractivity contribution in [2.75, 3.05) is 20.1 Å². The molecule has 6 nitrogen and oxygen atoms in total. The summed E-state index contributed by atoms with van der Waals surface area (Å²) in [5.74, 6) is 0.532. The molecule has 0 aliphatic carbocycles. The van der Waals surface area contributed by atoms with E-state index in [4.69, 9.17) is 4.84 Å². The van der Waals surface area contributed by atoms with Gasteiger partial charge in [-0.2, -0.15) is 0 Å². The molecule has 2 aliphatic rings. The van der Waals surface area contributed by atoms with Crippen LogP contribution in [-0.4, -0.2) is 53.1 Å². The first-order valence-electron chi connectivity index (χ1n) is 13.4. The zero-order valence-electron chi connectivity index (χ0n) is 22.2. The third-order valence-corrected chi connectivity index (χ3v) is 7.64. The lowest BCUT2D eigenvalue weighted by Gasteiger charge is -2.32. The first kappa shape index (κ1) is 25.7. The molecular formula is C32H35N3O3. The highest BCUT2D eigenvalue weighted by Crippen LogP contribution is 2.30. The largest absolute Gasteiger partial charge is 0.379 e. The summed E-state index contributed by atoms with van der Waals surface area (Å²) in [6.07, 6.45) is 3.44. The number of benzene rings is 3. The van der Waals surface area contributed by atoms with Crippen molar-refractivity contribution in [2.45, 2.75) is 44.8 Å². The van der Waals surface area contributed by atoms with Gasteiger partial charge in [-0.15, -0.1) is 0 Å². The van der Waals surface area contributed by atoms with Gasteiger partial charge in [0.1, 0.15) is 0 Å². The summed E-state index contributed by atoms with van der Waals surface area (Å²) in [7, 11) is 1.78. The Bertz CT molecular complexity index is 1300. The molecule has 2 amide bonds. The van der Waals surface area contributed by atoms with Crippen molar-refractivity contribution >= 4 is 17.5 Å². The molecule has 0 radical (unpaired) electrons. The maximum Gasteiger partial charge on any atom is 0.269 e. The fraction of sp³-hybridized carbons (Fsp3) is 0.344. The number of carbonyl (C=O) groups excluding carboxylic acids is 2. The van der Waals surface area contributed by atoms with Crippen LogP contribution in [0.4, 0.5) is 0 Å². The Labute approximate surface area is 224 Å². The van der Waals surface area contributed by atoms with Crippen LogP contribution in [-0.2, 0) is 22.6 Å². The van der Waals surface area contributed by atoms with E-state index in [9.17, 15) is 9.59 Å². The zero-order chi connectivity index (χ0) is 26.5. The lowest BCUT2D eigenvalue weighted by atomic mass is 9.90. The van der Waals surface area contributed by atoms with Crippen molar-refractivity contribution in [1.29, 1.82) is 0 Å². The summed E-state index contributed by atoms with van der Waals surface area (Å²) in [6.45, 7) is 3.82. The first-order chi connectivity index (χ1) is 18.4. The number of hydrogen-bond acceptors (Lipinski definition) is 4. The van der Waals surface area contributed by atoms with E-state index in [2.05, 4.69) is 29.4 Å². The Morgan fingerprint density at radius 3 is 2.29 bits per heavy atom. The van der Waals surface area contributed by atoms with Crippen LogP contribution >= 0.6 is 0 Å². The molecule has 38 heavy (non-hydrogen) atoms. The lowest BCUT2D eigenvalue weighted by Crippen LogP contribution is -2.45. The number of rotatable bonds is 7. The third kappa shape index (κ3) is 5.80. The molecule has 0 spiro atoms. The van der Waals surface area contributed by atoms with Crippen molar-refractivity contribution in [3.8, 4) is 0 Å². The summed E-state index contributed by atoms with van der Waals surface area (Å²) in [4.78, 5) is 35.9. The van der Waals surface area contributed by atoms with Gasteiger partial charge in [-0.3, -0.25) is 9.59 Å². The summed E-state index contributed by atoms with van der Waals surface area (Å²) >= 11 is 0. The van der Waals surface area contributed by atoms with Gasteiger partial charge in [0.15, 0.2) is 0 Å². The highest BCUT2D eigenvalue weighted by atomic mass is 16.7. The number of piperidine rings is 1. The highest BCUT2D eigenvalue weighted by molar-refractivity contribution is 6.07. The van der Waals surface area contributed by atoms with Gasteiger partial charge < -0.3 is 14.6 Å². The van der Waals surface area contributed by atoms with Gasteiger partial charge in [0.25, 0.3) is 11.8 Å². The second-order valence-electron chi connectivity index (χ2n) is 10.7. The second kappa shape index (κ2) is 11.2. The first-order valence-corrected chi connectivity index (χ1v) is 13.4. The molecule has 2 aliphatic heterocycles. The van der Waals surface area contributed by atoms with E-state index in [0.29, 0.717) is 30.2 Å². The Balaban J connectivity index is 1.18. The number of likely N-dealkylation sites (tertiary alicyclic amines) is 1. The van der Waals surface area contributed by atoms with Crippen LogP contribution < -0.4 is 0 Å². The molecule has 1 unspecified atom stereocenters. The van der Waals surface area contributed by atoms with E-state index in [0.717, 1.165) is 43.5 Å². The van der Waals surface area contributed by atoms with Crippen LogP contribution in [0.2, 0.25) is 0 Å². The van der Waals surface area contributed by atoms with Gasteiger partial charge in [-0.05, 0) is 55.4 Å². The Morgan fingerprint density at radius 1 is 0.947 bits per heavy atom. The van der Waals surface area contributed by atoms with E-state index in [1.807, 2.05) is 65.6 Å². The minimum absolute atomic E-state index is 0.0472. The molecule has 3 aromatic rings. The highest BCUT2D eigenvalue weighted by Gasteiger charge is 2.44. The fourth-order valence-electron chi connectivity index (χ4n) is 5.44. The van der Waals surface area contributed by atoms with Crippen molar-refractivity contribution in [2.24, 2.45) is 11.1 Å². The predicted molar refractivity (Wildman–Crippen MR) is 149 cm³/mol. The normalized spacial score (nSPS) is 19.5. The van der Waals surface area contributed by atoms with Crippen LogP contribution in [0.5, 0.6) is 0 Å². The van der Waals surface area contributed by atoms with Gasteiger partial charge in [-0.1, -0.05) is 78.0 Å². The van der Waals surface area contributed by atoms with Gasteiger partial charge in [0.2, 0.25) is 5.60 Å². The fourth-order valence-corrected chi connectivity index (χ4v) is 5.44. The Morgan fingerprint density at radius 2 is 1.61 bits per heavy atom. The standard InChI is InChI=1S/C32H35N3O3/c1-32(31(37)34(2)23-26-12-7-4-8-13-26)22-29(33-38-32)27-14-9-15-28(21-27)30(36)35-18-16-25(17-19-35)20-24-10-5-3-6-11-24/h3-15,21,25H,16-20,22-23H2,1-2H3. The smallest absolute Gasteiger partial charge is 0.269 e. The molecule has 0 N–H and O–H groups in total. The van der Waals surface area contributed by atoms with E-state index in [1.54, 1.807) is 18.9 Å². The van der Waals surface area contributed by atoms with Crippen molar-refractivity contribution in [1.82, 2.24) is 9.80 Å². The van der Waals surface area contributed by atoms with Crippen LogP contribution in [0, 0.1) is 5.92 Å². The maximum absolute atomic E-state index is 13.3. The maximum atomic E-state index is 13.3. The van der Waals surface area contributed by atoms with Crippen LogP contribution in [0.15, 0.2) is 90.1 Å². The molecule has 1 atom stereocenters. The molecule has 1 saturated heterocycles. The van der Waals surface area contributed by atoms with E-state index in [1.165, 1.54) is 5.56 Å². The number of hydrogen-bond donors (Lipinski definition) is 0. The molecule has 0 bridgehead atoms. The predicted octanol–water partition coefficient (Wildman–Crippen LogP) is 5.32. The van der Waals surface area contributed by atoms with E-state index >= 15 is 0 Å². The van der Waals surface area contributed by atoms with Crippen LogP contribution in [0.3, 0.4) is 0 Å². The molecule has 5 rings (SSSR count). The van der Waals surface area contributed by atoms with Crippen LogP contribution in [0.25, 0.3) is 0 Å². The monoisotopic (exact) mass is 509 g/mol. The van der Waals surface area contributed by atoms with Gasteiger partial charge >= 0.3 is 0 Å². The molecular weight excluding hydrogens is 474 g/mol. The number of carbonyl (C=O) groups is 2. The average Bonchev–Trinajstić information content (AvgIpc) is 3.37. The van der Waals surface area contributed by atoms with Crippen molar-refractivity contribution in [3.05, 3.63) is 107 Å². The lowest BCUT2D eigenvalue weighted by molar-refractivity contribution is -0.152. The summed E-state index contributed by atoms with van der Waals surface area (Å²) in [6, 6.07) is 28.0. The average molecular weight is 510 g/mol. The Hall–Kier alpha value is -3.93. The van der Waals surface area contributed by atoms with Crippen molar-refractivity contribution < 1.29 is 14.4 Å². The molecule has 0 saturated carbocycles. The SMILES string of the molecule is CN(Cc1ccccc1)C(=O)C1(C)CC(c2cccc(C(=O)N3CCC(Cc4ccccc4)CC3)c2)=NO1. The van der Waals surface area contributed by atoms with Gasteiger partial charge in [0.05, 0.1) is 5.71 Å². The number of amides is 2. The molecule has 6 heteroatoms. The molecule has 196 valence electrons. The number of oxime groups is 1. The molecule has 3 aromatic carbocycles. The van der Waals surface area contributed by atoms with Crippen LogP contribution in [0.1, 0.15) is 53.2 Å². The number of likely N-dealkylation sites (N-methyl/N-ethyl adjacent to an activating group) is 1. The minimum Gasteiger partial charge on any atom is -0.379 e.